The summed E-state index contributed by atoms with van der Waals surface area (Å²) >= 11 is 0. The molecule has 0 fully saturated rings. The molecule has 0 unspecified atom stereocenters. The van der Waals surface area contributed by atoms with E-state index in [1.807, 2.05) is 30.3 Å². The van der Waals surface area contributed by atoms with Gasteiger partial charge in [0.05, 0.1) is 12.2 Å². The average Bonchev–Trinajstić information content (AvgIpc) is 3.22. The first-order valence-corrected chi connectivity index (χ1v) is 7.65. The predicted molar refractivity (Wildman–Crippen MR) is 89.8 cm³/mol. The third kappa shape index (κ3) is 3.45. The predicted octanol–water partition coefficient (Wildman–Crippen LogP) is 2.74. The number of benzene rings is 1. The minimum absolute atomic E-state index is 0.101. The molecule has 7 nitrogen and oxygen atoms in total. The van der Waals surface area contributed by atoms with Crippen LogP contribution in [0.2, 0.25) is 0 Å². The molecule has 25 heavy (non-hydrogen) atoms. The SMILES string of the molecule is Cc1oc(CN(C)C(=O)c2ccn(-c3ccccc3)n2)cc1C(=O)O. The van der Waals surface area contributed by atoms with Crippen LogP contribution in [0, 0.1) is 6.92 Å². The minimum Gasteiger partial charge on any atom is -0.478 e. The zero-order valence-corrected chi connectivity index (χ0v) is 13.8. The Morgan fingerprint density at radius 2 is 1.96 bits per heavy atom. The average molecular weight is 339 g/mol. The number of nitrogens with zero attached hydrogens (tertiary/aromatic N) is 3. The van der Waals surface area contributed by atoms with Gasteiger partial charge in [0.15, 0.2) is 5.69 Å². The molecular weight excluding hydrogens is 322 g/mol. The number of furan rings is 1. The number of amides is 1. The molecule has 1 aromatic carbocycles. The van der Waals surface area contributed by atoms with Crippen LogP contribution in [0.15, 0.2) is 53.1 Å². The topological polar surface area (TPSA) is 88.6 Å². The third-order valence-electron chi connectivity index (χ3n) is 3.77. The number of carboxylic acids is 1. The van der Waals surface area contributed by atoms with Crippen molar-refractivity contribution in [1.82, 2.24) is 14.7 Å². The molecular formula is C18H17N3O4. The molecule has 1 amide bonds. The Bertz CT molecular complexity index is 912. The van der Waals surface area contributed by atoms with Gasteiger partial charge in [-0.1, -0.05) is 18.2 Å². The van der Waals surface area contributed by atoms with Gasteiger partial charge in [-0.05, 0) is 31.2 Å². The Kier molecular flexibility index (Phi) is 4.38. The summed E-state index contributed by atoms with van der Waals surface area (Å²) in [5.74, 6) is -0.603. The summed E-state index contributed by atoms with van der Waals surface area (Å²) in [4.78, 5) is 25.0. The van der Waals surface area contributed by atoms with Crippen molar-refractivity contribution in [2.75, 3.05) is 7.05 Å². The van der Waals surface area contributed by atoms with Crippen molar-refractivity contribution in [3.63, 3.8) is 0 Å². The van der Waals surface area contributed by atoms with E-state index in [4.69, 9.17) is 9.52 Å². The Labute approximate surface area is 144 Å². The highest BCUT2D eigenvalue weighted by Gasteiger charge is 2.19. The van der Waals surface area contributed by atoms with Crippen molar-refractivity contribution >= 4 is 11.9 Å². The molecule has 0 bridgehead atoms. The molecule has 0 saturated carbocycles. The summed E-state index contributed by atoms with van der Waals surface area (Å²) in [5, 5.41) is 13.4. The van der Waals surface area contributed by atoms with E-state index in [1.165, 1.54) is 11.0 Å². The first kappa shape index (κ1) is 16.5. The Morgan fingerprint density at radius 1 is 1.24 bits per heavy atom. The van der Waals surface area contributed by atoms with Crippen LogP contribution < -0.4 is 0 Å². The van der Waals surface area contributed by atoms with Gasteiger partial charge in [0.25, 0.3) is 5.91 Å². The number of aryl methyl sites for hydroxylation is 1. The second-order valence-electron chi connectivity index (χ2n) is 5.63. The lowest BCUT2D eigenvalue weighted by atomic mass is 10.2. The van der Waals surface area contributed by atoms with Gasteiger partial charge >= 0.3 is 5.97 Å². The summed E-state index contributed by atoms with van der Waals surface area (Å²) in [5.41, 5.74) is 1.26. The molecule has 0 radical (unpaired) electrons. The first-order chi connectivity index (χ1) is 12.0. The zero-order chi connectivity index (χ0) is 18.0. The summed E-state index contributed by atoms with van der Waals surface area (Å²) in [6, 6.07) is 12.6. The Hall–Kier alpha value is -3.35. The van der Waals surface area contributed by atoms with Gasteiger partial charge < -0.3 is 14.4 Å². The van der Waals surface area contributed by atoms with Crippen molar-refractivity contribution in [3.8, 4) is 5.69 Å². The lowest BCUT2D eigenvalue weighted by Crippen LogP contribution is -2.26. The Morgan fingerprint density at radius 3 is 2.60 bits per heavy atom. The number of hydrogen-bond donors (Lipinski definition) is 1. The van der Waals surface area contributed by atoms with Gasteiger partial charge in [0.2, 0.25) is 0 Å². The quantitative estimate of drug-likeness (QED) is 0.772. The van der Waals surface area contributed by atoms with Gasteiger partial charge in [0, 0.05) is 13.2 Å². The summed E-state index contributed by atoms with van der Waals surface area (Å²) in [6.45, 7) is 1.74. The van der Waals surface area contributed by atoms with E-state index >= 15 is 0 Å². The number of aromatic carboxylic acids is 1. The normalized spacial score (nSPS) is 10.6. The van der Waals surface area contributed by atoms with Crippen molar-refractivity contribution in [2.24, 2.45) is 0 Å². The molecule has 2 heterocycles. The van der Waals surface area contributed by atoms with Crippen molar-refractivity contribution in [3.05, 3.63) is 71.4 Å². The van der Waals surface area contributed by atoms with Gasteiger partial charge in [-0.2, -0.15) is 5.10 Å². The van der Waals surface area contributed by atoms with Crippen LogP contribution in [0.1, 0.15) is 32.4 Å². The molecule has 1 N–H and O–H groups in total. The fourth-order valence-corrected chi connectivity index (χ4v) is 2.50. The van der Waals surface area contributed by atoms with Gasteiger partial charge in [-0.3, -0.25) is 4.79 Å². The van der Waals surface area contributed by atoms with E-state index in [1.54, 1.807) is 30.9 Å². The van der Waals surface area contributed by atoms with Crippen LogP contribution in [0.5, 0.6) is 0 Å². The van der Waals surface area contributed by atoms with Crippen molar-refractivity contribution in [1.29, 1.82) is 0 Å². The summed E-state index contributed by atoms with van der Waals surface area (Å²) in [7, 11) is 1.61. The highest BCUT2D eigenvalue weighted by atomic mass is 16.4. The third-order valence-corrected chi connectivity index (χ3v) is 3.77. The molecule has 0 aliphatic heterocycles. The second-order valence-corrected chi connectivity index (χ2v) is 5.63. The maximum absolute atomic E-state index is 12.5. The van der Waals surface area contributed by atoms with E-state index in [0.717, 1.165) is 5.69 Å². The standard InChI is InChI=1S/C18H17N3O4/c1-12-15(18(23)24)10-14(25-12)11-20(2)17(22)16-8-9-21(19-16)13-6-4-3-5-7-13/h3-10H,11H2,1-2H3,(H,23,24). The number of carboxylic acid groups (broad SMARTS) is 1. The zero-order valence-electron chi connectivity index (χ0n) is 13.8. The summed E-state index contributed by atoms with van der Waals surface area (Å²) < 4.78 is 7.03. The maximum atomic E-state index is 12.5. The highest BCUT2D eigenvalue weighted by Crippen LogP contribution is 2.17. The van der Waals surface area contributed by atoms with Gasteiger partial charge in [0.1, 0.15) is 17.1 Å². The summed E-state index contributed by atoms with van der Waals surface area (Å²) in [6.07, 6.45) is 1.72. The van der Waals surface area contributed by atoms with Crippen molar-refractivity contribution in [2.45, 2.75) is 13.5 Å². The largest absolute Gasteiger partial charge is 0.478 e. The molecule has 2 aromatic heterocycles. The van der Waals surface area contributed by atoms with E-state index in [-0.39, 0.29) is 18.0 Å². The van der Waals surface area contributed by atoms with Crippen LogP contribution in [0.25, 0.3) is 5.69 Å². The van der Waals surface area contributed by atoms with Crippen molar-refractivity contribution < 1.29 is 19.1 Å². The monoisotopic (exact) mass is 339 g/mol. The first-order valence-electron chi connectivity index (χ1n) is 7.65. The molecule has 128 valence electrons. The molecule has 0 aliphatic carbocycles. The second kappa shape index (κ2) is 6.64. The van der Waals surface area contributed by atoms with E-state index in [0.29, 0.717) is 17.2 Å². The maximum Gasteiger partial charge on any atom is 0.339 e. The van der Waals surface area contributed by atoms with Crippen LogP contribution >= 0.6 is 0 Å². The smallest absolute Gasteiger partial charge is 0.339 e. The number of rotatable bonds is 5. The van der Waals surface area contributed by atoms with Crippen LogP contribution in [-0.4, -0.2) is 38.7 Å². The lowest BCUT2D eigenvalue weighted by Gasteiger charge is -2.14. The van der Waals surface area contributed by atoms with Crippen LogP contribution in [0.4, 0.5) is 0 Å². The number of para-hydroxylation sites is 1. The molecule has 0 spiro atoms. The van der Waals surface area contributed by atoms with Crippen LogP contribution in [-0.2, 0) is 6.54 Å². The van der Waals surface area contributed by atoms with E-state index < -0.39 is 5.97 Å². The lowest BCUT2D eigenvalue weighted by molar-refractivity contribution is 0.0694. The molecule has 3 aromatic rings. The van der Waals surface area contributed by atoms with E-state index in [9.17, 15) is 9.59 Å². The molecule has 0 saturated heterocycles. The number of carbonyl (C=O) groups is 2. The number of hydrogen-bond acceptors (Lipinski definition) is 4. The fourth-order valence-electron chi connectivity index (χ4n) is 2.50. The van der Waals surface area contributed by atoms with Gasteiger partial charge in [-0.15, -0.1) is 0 Å². The minimum atomic E-state index is -1.05. The fraction of sp³-hybridized carbons (Fsp3) is 0.167. The van der Waals surface area contributed by atoms with Crippen LogP contribution in [0.3, 0.4) is 0 Å². The molecule has 7 heteroatoms. The number of aromatic nitrogens is 2. The number of carbonyl (C=O) groups excluding carboxylic acids is 1. The molecule has 3 rings (SSSR count). The molecule has 0 aliphatic rings. The van der Waals surface area contributed by atoms with E-state index in [2.05, 4.69) is 5.10 Å². The highest BCUT2D eigenvalue weighted by molar-refractivity contribution is 5.92. The van der Waals surface area contributed by atoms with Gasteiger partial charge in [-0.25, -0.2) is 9.48 Å². The Balaban J connectivity index is 1.74. The molecule has 0 atom stereocenters.